The number of hydrogen-bond acceptors (Lipinski definition) is 3. The van der Waals surface area contributed by atoms with Gasteiger partial charge in [-0.1, -0.05) is 13.8 Å². The number of carbonyl (C=O) groups excluding carboxylic acids is 1. The molecule has 0 spiro atoms. The molecule has 0 bridgehead atoms. The minimum absolute atomic E-state index is 0.144. The summed E-state index contributed by atoms with van der Waals surface area (Å²) < 4.78 is 63.0. The first-order valence-electron chi connectivity index (χ1n) is 5.53. The Labute approximate surface area is 115 Å². The Morgan fingerprint density at radius 2 is 1.75 bits per heavy atom. The Balaban J connectivity index is 3.16. The topological polar surface area (TPSA) is 57.6 Å². The van der Waals surface area contributed by atoms with Gasteiger partial charge in [-0.25, -0.2) is 4.79 Å². The molecule has 1 heterocycles. The number of thioether (sulfide) groups is 1. The van der Waals surface area contributed by atoms with Gasteiger partial charge in [-0.05, 0) is 5.92 Å². The van der Waals surface area contributed by atoms with E-state index in [-0.39, 0.29) is 10.7 Å². The zero-order valence-corrected chi connectivity index (χ0v) is 11.3. The molecule has 116 valence electrons. The highest BCUT2D eigenvalue weighted by Crippen LogP contribution is 2.42. The molecule has 0 saturated carbocycles. The molecule has 1 aliphatic heterocycles. The zero-order chi connectivity index (χ0) is 15.9. The summed E-state index contributed by atoms with van der Waals surface area (Å²) in [6.07, 6.45) is -6.05. The van der Waals surface area contributed by atoms with Gasteiger partial charge in [0.2, 0.25) is 0 Å². The first-order chi connectivity index (χ1) is 8.91. The van der Waals surface area contributed by atoms with E-state index in [1.807, 2.05) is 0 Å². The Morgan fingerprint density at radius 1 is 1.25 bits per heavy atom. The number of carboxylic acids is 1. The van der Waals surface area contributed by atoms with E-state index in [1.165, 1.54) is 13.8 Å². The molecular weight excluding hydrogens is 309 g/mol. The summed E-state index contributed by atoms with van der Waals surface area (Å²) in [7, 11) is 0. The normalized spacial score (nSPS) is 24.3. The first-order valence-corrected chi connectivity index (χ1v) is 6.57. The Hall–Kier alpha value is -1.06. The fraction of sp³-hybridized carbons (Fsp3) is 0.800. The van der Waals surface area contributed by atoms with Crippen molar-refractivity contribution in [3.8, 4) is 0 Å². The highest BCUT2D eigenvalue weighted by Gasteiger charge is 2.66. The van der Waals surface area contributed by atoms with E-state index in [4.69, 9.17) is 5.11 Å². The van der Waals surface area contributed by atoms with Gasteiger partial charge >= 0.3 is 24.0 Å². The summed E-state index contributed by atoms with van der Waals surface area (Å²) >= 11 is 0.874. The largest absolute Gasteiger partial charge is 0.480 e. The monoisotopic (exact) mass is 321 g/mol. The van der Waals surface area contributed by atoms with Crippen LogP contribution in [0.3, 0.4) is 0 Å². The third kappa shape index (κ3) is 2.84. The summed E-state index contributed by atoms with van der Waals surface area (Å²) in [5.41, 5.74) is 0. The van der Waals surface area contributed by atoms with Gasteiger partial charge in [0.1, 0.15) is 6.04 Å². The Morgan fingerprint density at radius 3 is 2.10 bits per heavy atom. The molecule has 1 aliphatic rings. The minimum atomic E-state index is -6.05. The van der Waals surface area contributed by atoms with Gasteiger partial charge in [0.05, 0.1) is 5.37 Å². The van der Waals surface area contributed by atoms with Crippen LogP contribution in [0, 0.1) is 5.92 Å². The van der Waals surface area contributed by atoms with E-state index in [2.05, 4.69) is 0 Å². The third-order valence-electron chi connectivity index (χ3n) is 2.75. The van der Waals surface area contributed by atoms with E-state index < -0.39 is 41.3 Å². The smallest absolute Gasteiger partial charge is 0.463 e. The van der Waals surface area contributed by atoms with Crippen molar-refractivity contribution in [2.75, 3.05) is 5.75 Å². The lowest BCUT2D eigenvalue weighted by atomic mass is 10.1. The fourth-order valence-electron chi connectivity index (χ4n) is 1.77. The highest BCUT2D eigenvalue weighted by atomic mass is 32.2. The van der Waals surface area contributed by atoms with Gasteiger partial charge in [0, 0.05) is 5.75 Å². The van der Waals surface area contributed by atoms with Crippen molar-refractivity contribution in [3.63, 3.8) is 0 Å². The standard InChI is InChI=1S/C10H12F5NO3S/c1-4(2)6-16(5(3-20-6)7(17)18)8(19)9(11,12)10(13,14)15/h4-6H,3H2,1-2H3,(H,17,18). The lowest BCUT2D eigenvalue weighted by molar-refractivity contribution is -0.275. The molecule has 4 nitrogen and oxygen atoms in total. The number of hydrogen-bond donors (Lipinski definition) is 1. The lowest BCUT2D eigenvalue weighted by Crippen LogP contribution is -2.57. The van der Waals surface area contributed by atoms with Crippen LogP contribution in [0.25, 0.3) is 0 Å². The second-order valence-electron chi connectivity index (χ2n) is 4.61. The quantitative estimate of drug-likeness (QED) is 0.810. The maximum atomic E-state index is 13.1. The minimum Gasteiger partial charge on any atom is -0.480 e. The van der Waals surface area contributed by atoms with Crippen molar-refractivity contribution in [2.45, 2.75) is 37.4 Å². The fourth-order valence-corrected chi connectivity index (χ4v) is 3.24. The summed E-state index contributed by atoms with van der Waals surface area (Å²) in [6.45, 7) is 3.02. The lowest BCUT2D eigenvalue weighted by Gasteiger charge is -2.32. The second kappa shape index (κ2) is 5.38. The van der Waals surface area contributed by atoms with Gasteiger partial charge in [-0.2, -0.15) is 22.0 Å². The summed E-state index contributed by atoms with van der Waals surface area (Å²) in [6, 6.07) is -1.69. The van der Waals surface area contributed by atoms with Crippen molar-refractivity contribution < 1.29 is 36.6 Å². The number of carboxylic acid groups (broad SMARTS) is 1. The van der Waals surface area contributed by atoms with E-state index in [9.17, 15) is 31.5 Å². The molecule has 2 unspecified atom stereocenters. The molecule has 1 rings (SSSR count). The van der Waals surface area contributed by atoms with Gasteiger partial charge < -0.3 is 10.0 Å². The van der Waals surface area contributed by atoms with E-state index >= 15 is 0 Å². The van der Waals surface area contributed by atoms with Gasteiger partial charge in [-0.15, -0.1) is 11.8 Å². The van der Waals surface area contributed by atoms with Crippen LogP contribution in [-0.2, 0) is 9.59 Å². The van der Waals surface area contributed by atoms with Crippen molar-refractivity contribution in [1.29, 1.82) is 0 Å². The average molecular weight is 321 g/mol. The molecule has 2 atom stereocenters. The van der Waals surface area contributed by atoms with Crippen LogP contribution in [-0.4, -0.2) is 51.2 Å². The average Bonchev–Trinajstić information content (AvgIpc) is 2.70. The number of halogens is 5. The number of aliphatic carboxylic acids is 1. The van der Waals surface area contributed by atoms with Crippen LogP contribution < -0.4 is 0 Å². The van der Waals surface area contributed by atoms with Crippen LogP contribution >= 0.6 is 11.8 Å². The molecule has 1 saturated heterocycles. The predicted octanol–water partition coefficient (Wildman–Crippen LogP) is 2.19. The number of rotatable bonds is 3. The number of amides is 1. The third-order valence-corrected chi connectivity index (χ3v) is 4.37. The molecule has 0 radical (unpaired) electrons. The maximum absolute atomic E-state index is 13.1. The molecule has 0 aliphatic carbocycles. The van der Waals surface area contributed by atoms with Crippen molar-refractivity contribution in [2.24, 2.45) is 5.92 Å². The van der Waals surface area contributed by atoms with Crippen LogP contribution in [0.4, 0.5) is 22.0 Å². The van der Waals surface area contributed by atoms with E-state index in [0.717, 1.165) is 11.8 Å². The molecule has 0 aromatic rings. The summed E-state index contributed by atoms with van der Waals surface area (Å²) in [4.78, 5) is 22.6. The predicted molar refractivity (Wildman–Crippen MR) is 60.4 cm³/mol. The number of alkyl halides is 5. The Bertz CT molecular complexity index is 412. The van der Waals surface area contributed by atoms with Crippen LogP contribution in [0.5, 0.6) is 0 Å². The van der Waals surface area contributed by atoms with Crippen molar-refractivity contribution >= 4 is 23.6 Å². The Kier molecular flexibility index (Phi) is 4.57. The van der Waals surface area contributed by atoms with Crippen LogP contribution in [0.15, 0.2) is 0 Å². The second-order valence-corrected chi connectivity index (χ2v) is 5.76. The van der Waals surface area contributed by atoms with Gasteiger partial charge in [0.25, 0.3) is 0 Å². The molecule has 0 aromatic heterocycles. The summed E-state index contributed by atoms with van der Waals surface area (Å²) in [5, 5.41) is 7.84. The molecule has 1 fully saturated rings. The van der Waals surface area contributed by atoms with E-state index in [1.54, 1.807) is 0 Å². The number of carbonyl (C=O) groups is 2. The maximum Gasteiger partial charge on any atom is 0.463 e. The van der Waals surface area contributed by atoms with Crippen molar-refractivity contribution in [3.05, 3.63) is 0 Å². The SMILES string of the molecule is CC(C)C1SCC(C(=O)O)N1C(=O)C(F)(F)C(F)(F)F. The molecular formula is C10H12F5NO3S. The summed E-state index contributed by atoms with van der Waals surface area (Å²) in [5.74, 6) is -10.4. The van der Waals surface area contributed by atoms with Gasteiger partial charge in [-0.3, -0.25) is 4.79 Å². The van der Waals surface area contributed by atoms with Crippen molar-refractivity contribution in [1.82, 2.24) is 4.90 Å². The van der Waals surface area contributed by atoms with Crippen LogP contribution in [0.2, 0.25) is 0 Å². The first kappa shape index (κ1) is 17.0. The van der Waals surface area contributed by atoms with Crippen LogP contribution in [0.1, 0.15) is 13.8 Å². The molecule has 10 heteroatoms. The molecule has 20 heavy (non-hydrogen) atoms. The zero-order valence-electron chi connectivity index (χ0n) is 10.4. The highest BCUT2D eigenvalue weighted by molar-refractivity contribution is 8.00. The molecule has 0 aromatic carbocycles. The van der Waals surface area contributed by atoms with Gasteiger partial charge in [0.15, 0.2) is 0 Å². The number of nitrogens with zero attached hydrogens (tertiary/aromatic N) is 1. The molecule has 1 N–H and O–H groups in total. The molecule has 1 amide bonds. The van der Waals surface area contributed by atoms with E-state index in [0.29, 0.717) is 0 Å².